The standard InChI is InChI=1S/C10H14N4OS/c1-7(3-4-11)14(2)10(15)8-6-16-9(5-12)13-8/h6-7H,3,5,12H2,1-2H3. The fourth-order valence-corrected chi connectivity index (χ4v) is 1.80. The Bertz CT molecular complexity index is 409. The first-order valence-corrected chi connectivity index (χ1v) is 5.76. The Labute approximate surface area is 98.5 Å². The third-order valence-electron chi connectivity index (χ3n) is 2.31. The summed E-state index contributed by atoms with van der Waals surface area (Å²) in [7, 11) is 1.67. The van der Waals surface area contributed by atoms with Crippen molar-refractivity contribution >= 4 is 17.2 Å². The maximum Gasteiger partial charge on any atom is 0.273 e. The minimum Gasteiger partial charge on any atom is -0.337 e. The second-order valence-corrected chi connectivity index (χ2v) is 4.40. The predicted octanol–water partition coefficient (Wildman–Crippen LogP) is 0.976. The second-order valence-electron chi connectivity index (χ2n) is 3.46. The summed E-state index contributed by atoms with van der Waals surface area (Å²) >= 11 is 1.37. The lowest BCUT2D eigenvalue weighted by atomic mass is 10.2. The first-order valence-electron chi connectivity index (χ1n) is 4.88. The van der Waals surface area contributed by atoms with E-state index in [0.29, 0.717) is 18.7 Å². The molecule has 86 valence electrons. The molecule has 0 aliphatic rings. The molecule has 0 aliphatic heterocycles. The largest absolute Gasteiger partial charge is 0.337 e. The van der Waals surface area contributed by atoms with Gasteiger partial charge in [0.15, 0.2) is 0 Å². The molecular weight excluding hydrogens is 224 g/mol. The zero-order valence-corrected chi connectivity index (χ0v) is 10.1. The van der Waals surface area contributed by atoms with Gasteiger partial charge in [0.05, 0.1) is 12.5 Å². The van der Waals surface area contributed by atoms with E-state index in [2.05, 4.69) is 4.98 Å². The van der Waals surface area contributed by atoms with Crippen molar-refractivity contribution in [1.82, 2.24) is 9.88 Å². The number of nitriles is 1. The Kier molecular flexibility index (Phi) is 4.40. The number of carbonyl (C=O) groups is 1. The number of rotatable bonds is 4. The van der Waals surface area contributed by atoms with Gasteiger partial charge in [0.2, 0.25) is 0 Å². The van der Waals surface area contributed by atoms with Crippen LogP contribution in [0.4, 0.5) is 0 Å². The number of hydrogen-bond donors (Lipinski definition) is 1. The van der Waals surface area contributed by atoms with Crippen LogP contribution in [0.3, 0.4) is 0 Å². The van der Waals surface area contributed by atoms with Crippen molar-refractivity contribution < 1.29 is 4.79 Å². The molecule has 1 rings (SSSR count). The smallest absolute Gasteiger partial charge is 0.273 e. The van der Waals surface area contributed by atoms with Crippen LogP contribution in [-0.2, 0) is 6.54 Å². The second kappa shape index (κ2) is 5.58. The van der Waals surface area contributed by atoms with E-state index in [-0.39, 0.29) is 11.9 Å². The van der Waals surface area contributed by atoms with Crippen molar-refractivity contribution in [2.75, 3.05) is 7.05 Å². The fourth-order valence-electron chi connectivity index (χ4n) is 1.15. The van der Waals surface area contributed by atoms with Crippen molar-refractivity contribution in [3.05, 3.63) is 16.1 Å². The van der Waals surface area contributed by atoms with Gasteiger partial charge in [0, 0.05) is 25.0 Å². The normalized spacial score (nSPS) is 11.9. The molecule has 0 radical (unpaired) electrons. The topological polar surface area (TPSA) is 83.0 Å². The zero-order valence-electron chi connectivity index (χ0n) is 9.30. The van der Waals surface area contributed by atoms with Crippen LogP contribution in [0, 0.1) is 11.3 Å². The van der Waals surface area contributed by atoms with Crippen LogP contribution in [0.25, 0.3) is 0 Å². The van der Waals surface area contributed by atoms with E-state index in [4.69, 9.17) is 11.0 Å². The quantitative estimate of drug-likeness (QED) is 0.847. The third-order valence-corrected chi connectivity index (χ3v) is 3.18. The molecule has 1 amide bonds. The summed E-state index contributed by atoms with van der Waals surface area (Å²) in [4.78, 5) is 17.5. The van der Waals surface area contributed by atoms with Gasteiger partial charge in [-0.15, -0.1) is 11.3 Å². The van der Waals surface area contributed by atoms with E-state index < -0.39 is 0 Å². The molecule has 0 saturated heterocycles. The molecule has 0 saturated carbocycles. The van der Waals surface area contributed by atoms with Crippen LogP contribution in [0.5, 0.6) is 0 Å². The minimum absolute atomic E-state index is 0.111. The number of aromatic nitrogens is 1. The molecule has 0 aromatic carbocycles. The highest BCUT2D eigenvalue weighted by molar-refractivity contribution is 7.09. The number of carbonyl (C=O) groups excluding carboxylic acids is 1. The molecule has 1 aromatic heterocycles. The molecule has 1 aromatic rings. The summed E-state index contributed by atoms with van der Waals surface area (Å²) in [6.45, 7) is 2.17. The number of thiazole rings is 1. The molecule has 5 nitrogen and oxygen atoms in total. The van der Waals surface area contributed by atoms with Gasteiger partial charge in [-0.25, -0.2) is 4.98 Å². The Balaban J connectivity index is 2.74. The average Bonchev–Trinajstić information content (AvgIpc) is 2.75. The van der Waals surface area contributed by atoms with Gasteiger partial charge in [-0.05, 0) is 6.92 Å². The van der Waals surface area contributed by atoms with E-state index in [1.165, 1.54) is 16.2 Å². The van der Waals surface area contributed by atoms with Crippen LogP contribution in [0.15, 0.2) is 5.38 Å². The molecule has 1 atom stereocenters. The Hall–Kier alpha value is -1.45. The van der Waals surface area contributed by atoms with Crippen molar-refractivity contribution in [3.63, 3.8) is 0 Å². The van der Waals surface area contributed by atoms with E-state index in [0.717, 1.165) is 5.01 Å². The van der Waals surface area contributed by atoms with Gasteiger partial charge in [0.25, 0.3) is 5.91 Å². The summed E-state index contributed by atoms with van der Waals surface area (Å²) in [5.74, 6) is -0.168. The number of nitrogens with two attached hydrogens (primary N) is 1. The molecule has 0 bridgehead atoms. The first-order chi connectivity index (χ1) is 7.60. The highest BCUT2D eigenvalue weighted by Crippen LogP contribution is 2.12. The molecule has 0 spiro atoms. The summed E-state index contributed by atoms with van der Waals surface area (Å²) < 4.78 is 0. The van der Waals surface area contributed by atoms with E-state index in [9.17, 15) is 4.79 Å². The van der Waals surface area contributed by atoms with E-state index >= 15 is 0 Å². The molecule has 6 heteroatoms. The maximum absolute atomic E-state index is 11.9. The first kappa shape index (κ1) is 12.6. The van der Waals surface area contributed by atoms with E-state index in [1.54, 1.807) is 12.4 Å². The van der Waals surface area contributed by atoms with Gasteiger partial charge in [0.1, 0.15) is 10.7 Å². The average molecular weight is 238 g/mol. The van der Waals surface area contributed by atoms with Crippen molar-refractivity contribution in [2.45, 2.75) is 25.9 Å². The van der Waals surface area contributed by atoms with E-state index in [1.807, 2.05) is 13.0 Å². The summed E-state index contributed by atoms with van der Waals surface area (Å²) in [6.07, 6.45) is 0.316. The SMILES string of the molecule is CC(CC#N)N(C)C(=O)c1csc(CN)n1. The van der Waals surface area contributed by atoms with Crippen molar-refractivity contribution in [1.29, 1.82) is 5.26 Å². The maximum atomic E-state index is 11.9. The highest BCUT2D eigenvalue weighted by Gasteiger charge is 2.19. The highest BCUT2D eigenvalue weighted by atomic mass is 32.1. The predicted molar refractivity (Wildman–Crippen MR) is 61.8 cm³/mol. The lowest BCUT2D eigenvalue weighted by Crippen LogP contribution is -2.35. The Morgan fingerprint density at radius 3 is 3.00 bits per heavy atom. The van der Waals surface area contributed by atoms with Gasteiger partial charge >= 0.3 is 0 Å². The minimum atomic E-state index is -0.168. The van der Waals surface area contributed by atoms with Gasteiger partial charge < -0.3 is 10.6 Å². The molecule has 2 N–H and O–H groups in total. The zero-order chi connectivity index (χ0) is 12.1. The number of amides is 1. The molecule has 0 aliphatic carbocycles. The third kappa shape index (κ3) is 2.78. The molecule has 0 fully saturated rings. The Morgan fingerprint density at radius 2 is 2.50 bits per heavy atom. The number of hydrogen-bond acceptors (Lipinski definition) is 5. The number of nitrogens with zero attached hydrogens (tertiary/aromatic N) is 3. The molecule has 16 heavy (non-hydrogen) atoms. The van der Waals surface area contributed by atoms with Crippen LogP contribution in [0.1, 0.15) is 28.8 Å². The van der Waals surface area contributed by atoms with Crippen LogP contribution < -0.4 is 5.73 Å². The van der Waals surface area contributed by atoms with Crippen LogP contribution in [0.2, 0.25) is 0 Å². The lowest BCUT2D eigenvalue weighted by Gasteiger charge is -2.21. The molecule has 1 heterocycles. The summed E-state index contributed by atoms with van der Waals surface area (Å²) in [5, 5.41) is 11.0. The monoisotopic (exact) mass is 238 g/mol. The van der Waals surface area contributed by atoms with Crippen LogP contribution >= 0.6 is 11.3 Å². The molecule has 1 unspecified atom stereocenters. The van der Waals surface area contributed by atoms with Gasteiger partial charge in [-0.2, -0.15) is 5.26 Å². The van der Waals surface area contributed by atoms with Gasteiger partial charge in [-0.1, -0.05) is 0 Å². The Morgan fingerprint density at radius 1 is 1.81 bits per heavy atom. The van der Waals surface area contributed by atoms with Crippen molar-refractivity contribution in [2.24, 2.45) is 5.73 Å². The lowest BCUT2D eigenvalue weighted by molar-refractivity contribution is 0.0741. The summed E-state index contributed by atoms with van der Waals surface area (Å²) in [6, 6.07) is 1.93. The van der Waals surface area contributed by atoms with Crippen LogP contribution in [-0.4, -0.2) is 28.9 Å². The fraction of sp³-hybridized carbons (Fsp3) is 0.500. The van der Waals surface area contributed by atoms with Gasteiger partial charge in [-0.3, -0.25) is 4.79 Å². The van der Waals surface area contributed by atoms with Crippen molar-refractivity contribution in [3.8, 4) is 6.07 Å². The molecular formula is C10H14N4OS. The summed E-state index contributed by atoms with van der Waals surface area (Å²) in [5.41, 5.74) is 5.83.